The second-order valence-corrected chi connectivity index (χ2v) is 8.68. The first-order valence-electron chi connectivity index (χ1n) is 12.2. The van der Waals surface area contributed by atoms with Gasteiger partial charge in [0.1, 0.15) is 5.82 Å². The molecule has 0 bridgehead atoms. The zero-order valence-electron chi connectivity index (χ0n) is 20.2. The van der Waals surface area contributed by atoms with Crippen LogP contribution in [0, 0.1) is 0 Å². The molecular weight excluding hydrogens is 458 g/mol. The minimum Gasteiger partial charge on any atom is -0.378 e. The van der Waals surface area contributed by atoms with E-state index < -0.39 is 0 Å². The third-order valence-corrected chi connectivity index (χ3v) is 6.29. The fraction of sp³-hybridized carbons (Fsp3) is 0.346. The number of nitrogens with one attached hydrogen (secondary N) is 2. The molecule has 0 aliphatic carbocycles. The van der Waals surface area contributed by atoms with Crippen molar-refractivity contribution in [2.45, 2.75) is 19.9 Å². The van der Waals surface area contributed by atoms with Crippen LogP contribution < -0.4 is 15.5 Å². The van der Waals surface area contributed by atoms with E-state index in [0.717, 1.165) is 35.7 Å². The number of amides is 3. The van der Waals surface area contributed by atoms with Crippen molar-refractivity contribution in [2.75, 3.05) is 49.6 Å². The van der Waals surface area contributed by atoms with Gasteiger partial charge in [-0.25, -0.2) is 14.8 Å². The van der Waals surface area contributed by atoms with E-state index in [0.29, 0.717) is 56.3 Å². The van der Waals surface area contributed by atoms with Crippen LogP contribution in [0.1, 0.15) is 28.5 Å². The largest absolute Gasteiger partial charge is 0.378 e. The molecule has 4 heterocycles. The monoisotopic (exact) mass is 487 g/mol. The molecule has 2 N–H and O–H groups in total. The van der Waals surface area contributed by atoms with Crippen molar-refractivity contribution in [3.05, 3.63) is 65.6 Å². The molecule has 0 saturated carbocycles. The lowest BCUT2D eigenvalue weighted by atomic mass is 10.0. The summed E-state index contributed by atoms with van der Waals surface area (Å²) in [4.78, 5) is 43.0. The van der Waals surface area contributed by atoms with Gasteiger partial charge >= 0.3 is 6.03 Å². The predicted molar refractivity (Wildman–Crippen MR) is 136 cm³/mol. The number of fused-ring (bicyclic) bond motifs is 1. The molecule has 36 heavy (non-hydrogen) atoms. The number of hydrogen-bond acceptors (Lipinski definition) is 7. The molecule has 0 radical (unpaired) electrons. The number of ether oxygens (including phenoxy) is 1. The average Bonchev–Trinajstić information content (AvgIpc) is 2.93. The smallest absolute Gasteiger partial charge is 0.319 e. The Kier molecular flexibility index (Phi) is 7.03. The van der Waals surface area contributed by atoms with Gasteiger partial charge in [0, 0.05) is 55.4 Å². The summed E-state index contributed by atoms with van der Waals surface area (Å²) in [7, 11) is 0. The minimum atomic E-state index is -0.247. The second kappa shape index (κ2) is 10.7. The van der Waals surface area contributed by atoms with Crippen LogP contribution in [0.4, 0.5) is 16.3 Å². The van der Waals surface area contributed by atoms with Gasteiger partial charge in [-0.2, -0.15) is 0 Å². The normalized spacial score (nSPS) is 15.2. The van der Waals surface area contributed by atoms with Gasteiger partial charge in [-0.3, -0.25) is 9.78 Å². The maximum Gasteiger partial charge on any atom is 0.319 e. The van der Waals surface area contributed by atoms with Gasteiger partial charge in [0.25, 0.3) is 5.91 Å². The van der Waals surface area contributed by atoms with E-state index in [9.17, 15) is 9.59 Å². The van der Waals surface area contributed by atoms with E-state index in [2.05, 4.69) is 20.5 Å². The minimum absolute atomic E-state index is 0.0531. The molecule has 3 amide bonds. The Hall–Kier alpha value is -4.05. The van der Waals surface area contributed by atoms with E-state index in [1.54, 1.807) is 24.5 Å². The number of carbonyl (C=O) groups is 2. The van der Waals surface area contributed by atoms with Crippen LogP contribution in [-0.2, 0) is 17.7 Å². The number of anilines is 2. The van der Waals surface area contributed by atoms with Crippen molar-refractivity contribution >= 4 is 23.4 Å². The summed E-state index contributed by atoms with van der Waals surface area (Å²) < 4.78 is 5.56. The summed E-state index contributed by atoms with van der Waals surface area (Å²) in [6.07, 6.45) is 3.94. The lowest BCUT2D eigenvalue weighted by Gasteiger charge is -2.34. The van der Waals surface area contributed by atoms with Crippen molar-refractivity contribution in [2.24, 2.45) is 0 Å². The molecular formula is C26H29N7O3. The number of morpholine rings is 1. The fourth-order valence-electron chi connectivity index (χ4n) is 4.46. The van der Waals surface area contributed by atoms with Gasteiger partial charge in [-0.1, -0.05) is 0 Å². The van der Waals surface area contributed by atoms with Crippen LogP contribution in [0.5, 0.6) is 0 Å². The first-order valence-corrected chi connectivity index (χ1v) is 12.2. The summed E-state index contributed by atoms with van der Waals surface area (Å²) in [5.41, 5.74) is 4.03. The van der Waals surface area contributed by atoms with Crippen molar-refractivity contribution in [3.8, 4) is 11.4 Å². The third kappa shape index (κ3) is 5.13. The molecule has 0 unspecified atom stereocenters. The summed E-state index contributed by atoms with van der Waals surface area (Å²) in [5, 5.41) is 5.52. The highest BCUT2D eigenvalue weighted by Gasteiger charge is 2.28. The van der Waals surface area contributed by atoms with Gasteiger partial charge in [-0.15, -0.1) is 0 Å². The Labute approximate surface area is 209 Å². The van der Waals surface area contributed by atoms with Gasteiger partial charge in [0.05, 0.1) is 31.0 Å². The van der Waals surface area contributed by atoms with Gasteiger partial charge < -0.3 is 25.2 Å². The lowest BCUT2D eigenvalue weighted by molar-refractivity contribution is 0.0731. The SMILES string of the molecule is CCNC(=O)Nc1ccc(-c2nc3c(c(N4CCOCC4)n2)CCN(C(=O)c2cccnc2)C3)cc1. The summed E-state index contributed by atoms with van der Waals surface area (Å²) >= 11 is 0. The molecule has 2 aliphatic rings. The molecule has 0 atom stereocenters. The summed E-state index contributed by atoms with van der Waals surface area (Å²) in [5.74, 6) is 1.45. The fourth-order valence-corrected chi connectivity index (χ4v) is 4.46. The Bertz CT molecular complexity index is 1230. The number of pyridine rings is 1. The van der Waals surface area contributed by atoms with E-state index >= 15 is 0 Å². The zero-order chi connectivity index (χ0) is 24.9. The Morgan fingerprint density at radius 3 is 2.58 bits per heavy atom. The van der Waals surface area contributed by atoms with Crippen molar-refractivity contribution in [1.29, 1.82) is 0 Å². The van der Waals surface area contributed by atoms with Gasteiger partial charge in [-0.05, 0) is 49.7 Å². The van der Waals surface area contributed by atoms with Gasteiger partial charge in [0.2, 0.25) is 0 Å². The molecule has 10 nitrogen and oxygen atoms in total. The van der Waals surface area contributed by atoms with Crippen molar-refractivity contribution in [3.63, 3.8) is 0 Å². The first-order chi connectivity index (χ1) is 17.6. The van der Waals surface area contributed by atoms with E-state index in [4.69, 9.17) is 14.7 Å². The third-order valence-electron chi connectivity index (χ3n) is 6.29. The summed E-state index contributed by atoms with van der Waals surface area (Å²) in [6, 6.07) is 10.8. The molecule has 2 aliphatic heterocycles. The molecule has 186 valence electrons. The Morgan fingerprint density at radius 1 is 1.06 bits per heavy atom. The molecule has 2 aromatic heterocycles. The van der Waals surface area contributed by atoms with E-state index in [1.165, 1.54) is 0 Å². The number of benzene rings is 1. The van der Waals surface area contributed by atoms with Gasteiger partial charge in [0.15, 0.2) is 5.82 Å². The van der Waals surface area contributed by atoms with E-state index in [1.807, 2.05) is 36.1 Å². The standard InChI is InChI=1S/C26H29N7O3/c1-2-28-26(35)29-20-7-5-18(6-8-20)23-30-22-17-33(25(34)19-4-3-10-27-16-19)11-9-21(22)24(31-23)32-12-14-36-15-13-32/h3-8,10,16H,2,9,11-15,17H2,1H3,(H2,28,29,35). The van der Waals surface area contributed by atoms with Crippen LogP contribution >= 0.6 is 0 Å². The quantitative estimate of drug-likeness (QED) is 0.569. The maximum atomic E-state index is 13.1. The number of hydrogen-bond donors (Lipinski definition) is 2. The number of nitrogens with zero attached hydrogens (tertiary/aromatic N) is 5. The van der Waals surface area contributed by atoms with Crippen LogP contribution in [0.15, 0.2) is 48.8 Å². The average molecular weight is 488 g/mol. The molecule has 3 aromatic rings. The van der Waals surface area contributed by atoms with Crippen molar-refractivity contribution in [1.82, 2.24) is 25.2 Å². The Balaban J connectivity index is 1.46. The Morgan fingerprint density at radius 2 is 1.86 bits per heavy atom. The topological polar surface area (TPSA) is 113 Å². The van der Waals surface area contributed by atoms with Crippen LogP contribution in [-0.4, -0.2) is 71.2 Å². The molecule has 0 spiro atoms. The summed E-state index contributed by atoms with van der Waals surface area (Å²) in [6.45, 7) is 6.26. The van der Waals surface area contributed by atoms with Crippen LogP contribution in [0.2, 0.25) is 0 Å². The predicted octanol–water partition coefficient (Wildman–Crippen LogP) is 2.72. The zero-order valence-corrected chi connectivity index (χ0v) is 20.2. The number of carbonyl (C=O) groups excluding carboxylic acids is 2. The highest BCUT2D eigenvalue weighted by molar-refractivity contribution is 5.94. The lowest BCUT2D eigenvalue weighted by Crippen LogP contribution is -2.41. The number of urea groups is 1. The highest BCUT2D eigenvalue weighted by atomic mass is 16.5. The molecule has 1 aromatic carbocycles. The maximum absolute atomic E-state index is 13.1. The number of rotatable bonds is 5. The first kappa shape index (κ1) is 23.7. The molecule has 10 heteroatoms. The van der Waals surface area contributed by atoms with E-state index in [-0.39, 0.29) is 11.9 Å². The highest BCUT2D eigenvalue weighted by Crippen LogP contribution is 2.31. The molecule has 5 rings (SSSR count). The van der Waals surface area contributed by atoms with Crippen LogP contribution in [0.3, 0.4) is 0 Å². The van der Waals surface area contributed by atoms with Crippen LogP contribution in [0.25, 0.3) is 11.4 Å². The second-order valence-electron chi connectivity index (χ2n) is 8.68. The number of aromatic nitrogens is 3. The molecule has 1 fully saturated rings. The molecule has 1 saturated heterocycles. The van der Waals surface area contributed by atoms with Crippen molar-refractivity contribution < 1.29 is 14.3 Å².